The fourth-order valence-corrected chi connectivity index (χ4v) is 2.98. The molecule has 0 aliphatic heterocycles. The number of aryl methyl sites for hydroxylation is 2. The largest absolute Gasteiger partial charge is 0.355 e. The van der Waals surface area contributed by atoms with Crippen molar-refractivity contribution in [3.05, 3.63) is 33.5 Å². The molecular formula is C17H25N7O. The van der Waals surface area contributed by atoms with Gasteiger partial charge in [0.1, 0.15) is 5.39 Å². The van der Waals surface area contributed by atoms with Gasteiger partial charge in [0, 0.05) is 19.3 Å². The van der Waals surface area contributed by atoms with E-state index in [-0.39, 0.29) is 11.1 Å². The van der Waals surface area contributed by atoms with Crippen LogP contribution in [0.15, 0.2) is 11.0 Å². The van der Waals surface area contributed by atoms with Gasteiger partial charge in [-0.05, 0) is 46.6 Å². The molecule has 8 nitrogen and oxygen atoms in total. The number of hydrogen-bond donors (Lipinski definition) is 2. The number of nitrogens with one attached hydrogen (secondary N) is 2. The summed E-state index contributed by atoms with van der Waals surface area (Å²) >= 11 is 0. The van der Waals surface area contributed by atoms with Crippen molar-refractivity contribution in [2.24, 2.45) is 7.05 Å². The molecule has 3 heterocycles. The van der Waals surface area contributed by atoms with E-state index in [0.29, 0.717) is 23.5 Å². The number of fused-ring (bicyclic) bond motifs is 1. The first-order valence-electron chi connectivity index (χ1n) is 8.40. The summed E-state index contributed by atoms with van der Waals surface area (Å²) in [5.41, 5.74) is 3.57. The molecule has 3 aromatic heterocycles. The Morgan fingerprint density at radius 3 is 2.60 bits per heavy atom. The van der Waals surface area contributed by atoms with Crippen LogP contribution in [0.1, 0.15) is 37.7 Å². The van der Waals surface area contributed by atoms with Gasteiger partial charge in [0.15, 0.2) is 5.65 Å². The van der Waals surface area contributed by atoms with Crippen molar-refractivity contribution < 1.29 is 0 Å². The number of nitrogens with zero attached hydrogens (tertiary/aromatic N) is 5. The lowest BCUT2D eigenvalue weighted by molar-refractivity contribution is 0.366. The van der Waals surface area contributed by atoms with E-state index in [1.165, 1.54) is 5.56 Å². The van der Waals surface area contributed by atoms with Crippen LogP contribution in [-0.4, -0.2) is 36.1 Å². The van der Waals surface area contributed by atoms with E-state index in [1.54, 1.807) is 10.9 Å². The number of anilines is 1. The molecule has 0 amide bonds. The van der Waals surface area contributed by atoms with Gasteiger partial charge in [-0.2, -0.15) is 15.2 Å². The number of aromatic amines is 1. The zero-order valence-electron chi connectivity index (χ0n) is 15.6. The van der Waals surface area contributed by atoms with Crippen LogP contribution in [0.4, 0.5) is 5.95 Å². The SMILES string of the molecule is Cc1nn(C)c(C)c1CCNc1nc2c(cnn2C(C)(C)C)c(=O)[nH]1. The van der Waals surface area contributed by atoms with Crippen LogP contribution >= 0.6 is 0 Å². The number of aromatic nitrogens is 6. The molecular weight excluding hydrogens is 318 g/mol. The van der Waals surface area contributed by atoms with Gasteiger partial charge in [0.25, 0.3) is 5.56 Å². The molecule has 0 aliphatic carbocycles. The zero-order chi connectivity index (χ0) is 18.4. The summed E-state index contributed by atoms with van der Waals surface area (Å²) < 4.78 is 3.66. The Balaban J connectivity index is 1.83. The highest BCUT2D eigenvalue weighted by atomic mass is 16.1. The molecule has 0 fully saturated rings. The molecule has 0 unspecified atom stereocenters. The van der Waals surface area contributed by atoms with Crippen molar-refractivity contribution in [2.45, 2.75) is 46.6 Å². The summed E-state index contributed by atoms with van der Waals surface area (Å²) in [5.74, 6) is 0.461. The highest BCUT2D eigenvalue weighted by Gasteiger charge is 2.19. The van der Waals surface area contributed by atoms with Crippen LogP contribution in [0.2, 0.25) is 0 Å². The second-order valence-corrected chi connectivity index (χ2v) is 7.33. The van der Waals surface area contributed by atoms with Crippen LogP contribution in [0, 0.1) is 13.8 Å². The first kappa shape index (κ1) is 17.2. The molecule has 134 valence electrons. The number of H-pyrrole nitrogens is 1. The van der Waals surface area contributed by atoms with Crippen molar-refractivity contribution in [1.29, 1.82) is 0 Å². The van der Waals surface area contributed by atoms with E-state index in [0.717, 1.165) is 17.8 Å². The number of rotatable bonds is 4. The summed E-state index contributed by atoms with van der Waals surface area (Å²) in [6.07, 6.45) is 2.38. The van der Waals surface area contributed by atoms with E-state index in [9.17, 15) is 4.79 Å². The summed E-state index contributed by atoms with van der Waals surface area (Å²) in [7, 11) is 1.94. The molecule has 0 saturated carbocycles. The van der Waals surface area contributed by atoms with Gasteiger partial charge in [-0.25, -0.2) is 4.68 Å². The van der Waals surface area contributed by atoms with E-state index >= 15 is 0 Å². The summed E-state index contributed by atoms with van der Waals surface area (Å²) in [6, 6.07) is 0. The van der Waals surface area contributed by atoms with Crippen LogP contribution < -0.4 is 10.9 Å². The maximum atomic E-state index is 12.3. The Hall–Kier alpha value is -2.64. The predicted molar refractivity (Wildman–Crippen MR) is 98.0 cm³/mol. The fraction of sp³-hybridized carbons (Fsp3) is 0.529. The van der Waals surface area contributed by atoms with Crippen molar-refractivity contribution in [1.82, 2.24) is 29.5 Å². The van der Waals surface area contributed by atoms with Crippen LogP contribution in [-0.2, 0) is 19.0 Å². The molecule has 0 aliphatic rings. The molecule has 0 atom stereocenters. The van der Waals surface area contributed by atoms with Gasteiger partial charge in [-0.3, -0.25) is 14.5 Å². The lowest BCUT2D eigenvalue weighted by Gasteiger charge is -2.19. The molecule has 0 spiro atoms. The Morgan fingerprint density at radius 1 is 1.28 bits per heavy atom. The average molecular weight is 343 g/mol. The second-order valence-electron chi connectivity index (χ2n) is 7.33. The van der Waals surface area contributed by atoms with Crippen LogP contribution in [0.3, 0.4) is 0 Å². The second kappa shape index (κ2) is 6.02. The molecule has 2 N–H and O–H groups in total. The van der Waals surface area contributed by atoms with E-state index in [1.807, 2.05) is 39.4 Å². The van der Waals surface area contributed by atoms with Gasteiger partial charge in [0.2, 0.25) is 5.95 Å². The van der Waals surface area contributed by atoms with Gasteiger partial charge < -0.3 is 5.32 Å². The van der Waals surface area contributed by atoms with Crippen molar-refractivity contribution in [2.75, 3.05) is 11.9 Å². The molecule has 0 radical (unpaired) electrons. The fourth-order valence-electron chi connectivity index (χ4n) is 2.98. The topological polar surface area (TPSA) is 93.4 Å². The third kappa shape index (κ3) is 3.16. The standard InChI is InChI=1S/C17H25N7O/c1-10-12(11(2)23(6)22-10)7-8-18-16-20-14-13(15(25)21-16)9-19-24(14)17(3,4)5/h9H,7-8H2,1-6H3,(H2,18,20,21,25). The normalized spacial score (nSPS) is 12.1. The minimum Gasteiger partial charge on any atom is -0.355 e. The van der Waals surface area contributed by atoms with Crippen LogP contribution in [0.5, 0.6) is 0 Å². The average Bonchev–Trinajstić information content (AvgIpc) is 3.04. The lowest BCUT2D eigenvalue weighted by atomic mass is 10.1. The maximum Gasteiger partial charge on any atom is 0.263 e. The van der Waals surface area contributed by atoms with E-state index in [2.05, 4.69) is 32.4 Å². The summed E-state index contributed by atoms with van der Waals surface area (Å²) in [4.78, 5) is 19.6. The minimum atomic E-state index is -0.246. The highest BCUT2D eigenvalue weighted by molar-refractivity contribution is 5.74. The Kier molecular flexibility index (Phi) is 4.14. The Bertz CT molecular complexity index is 971. The predicted octanol–water partition coefficient (Wildman–Crippen LogP) is 1.88. The van der Waals surface area contributed by atoms with Crippen molar-refractivity contribution in [3.8, 4) is 0 Å². The molecule has 0 aromatic carbocycles. The van der Waals surface area contributed by atoms with Crippen LogP contribution in [0.25, 0.3) is 11.0 Å². The first-order chi connectivity index (χ1) is 11.7. The van der Waals surface area contributed by atoms with E-state index < -0.39 is 0 Å². The molecule has 0 bridgehead atoms. The quantitative estimate of drug-likeness (QED) is 0.754. The van der Waals surface area contributed by atoms with Gasteiger partial charge >= 0.3 is 0 Å². The smallest absolute Gasteiger partial charge is 0.263 e. The summed E-state index contributed by atoms with van der Waals surface area (Å²) in [6.45, 7) is 10.8. The molecule has 3 aromatic rings. The lowest BCUT2D eigenvalue weighted by Crippen LogP contribution is -2.24. The van der Waals surface area contributed by atoms with E-state index in [4.69, 9.17) is 0 Å². The highest BCUT2D eigenvalue weighted by Crippen LogP contribution is 2.19. The maximum absolute atomic E-state index is 12.3. The third-order valence-corrected chi connectivity index (χ3v) is 4.40. The van der Waals surface area contributed by atoms with Crippen molar-refractivity contribution in [3.63, 3.8) is 0 Å². The monoisotopic (exact) mass is 343 g/mol. The van der Waals surface area contributed by atoms with Gasteiger partial charge in [-0.15, -0.1) is 0 Å². The summed E-state index contributed by atoms with van der Waals surface area (Å²) in [5, 5.41) is 12.5. The molecule has 8 heteroatoms. The number of hydrogen-bond acceptors (Lipinski definition) is 5. The first-order valence-corrected chi connectivity index (χ1v) is 8.40. The zero-order valence-corrected chi connectivity index (χ0v) is 15.6. The van der Waals surface area contributed by atoms with Gasteiger partial charge in [0.05, 0.1) is 17.4 Å². The molecule has 3 rings (SSSR count). The molecule has 0 saturated heterocycles. The molecule has 25 heavy (non-hydrogen) atoms. The Morgan fingerprint density at radius 2 is 2.00 bits per heavy atom. The Labute approximate surface area is 146 Å². The third-order valence-electron chi connectivity index (χ3n) is 4.40. The van der Waals surface area contributed by atoms with Gasteiger partial charge in [-0.1, -0.05) is 0 Å². The minimum absolute atomic E-state index is 0.184. The van der Waals surface area contributed by atoms with Crippen molar-refractivity contribution >= 4 is 17.0 Å².